The van der Waals surface area contributed by atoms with Crippen LogP contribution >= 0.6 is 11.8 Å². The van der Waals surface area contributed by atoms with Crippen LogP contribution in [0.4, 0.5) is 0 Å². The van der Waals surface area contributed by atoms with E-state index in [2.05, 4.69) is 0 Å². The van der Waals surface area contributed by atoms with Crippen molar-refractivity contribution < 1.29 is 13.9 Å². The summed E-state index contributed by atoms with van der Waals surface area (Å²) in [7, 11) is 1.76. The number of hydrogen-bond donors (Lipinski definition) is 0. The number of furan rings is 1. The Bertz CT molecular complexity index is 465. The van der Waals surface area contributed by atoms with Crippen LogP contribution in [0.5, 0.6) is 0 Å². The molecule has 0 aromatic carbocycles. The lowest BCUT2D eigenvalue weighted by molar-refractivity contribution is 0.0424. The number of likely N-dealkylation sites (tertiary alicyclic amines) is 1. The van der Waals surface area contributed by atoms with Gasteiger partial charge in [-0.2, -0.15) is 0 Å². The number of hydrogen-bond acceptors (Lipinski definition) is 4. The number of thioether (sulfide) groups is 1. The molecular formula is C13H17NO3S. The Morgan fingerprint density at radius 1 is 1.56 bits per heavy atom. The Morgan fingerprint density at radius 2 is 2.33 bits per heavy atom. The van der Waals surface area contributed by atoms with Crippen LogP contribution in [-0.2, 0) is 4.74 Å². The van der Waals surface area contributed by atoms with Crippen molar-refractivity contribution in [2.24, 2.45) is 0 Å². The van der Waals surface area contributed by atoms with Gasteiger partial charge in [0, 0.05) is 26.0 Å². The second kappa shape index (κ2) is 4.31. The molecule has 1 atom stereocenters. The molecule has 98 valence electrons. The van der Waals surface area contributed by atoms with E-state index in [-0.39, 0.29) is 10.7 Å². The Kier molecular flexibility index (Phi) is 2.90. The van der Waals surface area contributed by atoms with Gasteiger partial charge in [0.15, 0.2) is 5.76 Å². The summed E-state index contributed by atoms with van der Waals surface area (Å²) in [5, 5.41) is 0. The molecule has 2 fully saturated rings. The van der Waals surface area contributed by atoms with Gasteiger partial charge < -0.3 is 14.1 Å². The minimum atomic E-state index is 0.00944. The molecule has 1 amide bonds. The number of carbonyl (C=O) groups is 1. The van der Waals surface area contributed by atoms with Crippen molar-refractivity contribution in [3.05, 3.63) is 23.7 Å². The molecule has 5 heteroatoms. The lowest BCUT2D eigenvalue weighted by Crippen LogP contribution is -2.60. The normalized spacial score (nSPS) is 25.4. The highest BCUT2D eigenvalue weighted by atomic mass is 32.2. The lowest BCUT2D eigenvalue weighted by Gasteiger charge is -2.47. The molecule has 0 saturated carbocycles. The summed E-state index contributed by atoms with van der Waals surface area (Å²) in [6.45, 7) is 3.48. The molecule has 1 unspecified atom stereocenters. The third-order valence-corrected chi connectivity index (χ3v) is 5.28. The van der Waals surface area contributed by atoms with E-state index in [9.17, 15) is 4.79 Å². The number of nitrogens with zero attached hydrogens (tertiary/aromatic N) is 1. The zero-order chi connectivity index (χ0) is 12.8. The third kappa shape index (κ3) is 1.95. The van der Waals surface area contributed by atoms with Crippen molar-refractivity contribution >= 4 is 17.7 Å². The molecule has 3 heterocycles. The van der Waals surface area contributed by atoms with Gasteiger partial charge in [-0.05, 0) is 25.5 Å². The minimum Gasteiger partial charge on any atom is -0.456 e. The molecular weight excluding hydrogens is 250 g/mol. The lowest BCUT2D eigenvalue weighted by atomic mass is 9.92. The molecule has 4 nitrogen and oxygen atoms in total. The summed E-state index contributed by atoms with van der Waals surface area (Å²) >= 11 is 1.94. The van der Waals surface area contributed by atoms with Crippen molar-refractivity contribution in [2.45, 2.75) is 24.2 Å². The first kappa shape index (κ1) is 12.1. The maximum absolute atomic E-state index is 12.1. The van der Waals surface area contributed by atoms with Gasteiger partial charge in [-0.15, -0.1) is 11.8 Å². The molecule has 0 N–H and O–H groups in total. The van der Waals surface area contributed by atoms with Gasteiger partial charge in [-0.25, -0.2) is 0 Å². The summed E-state index contributed by atoms with van der Waals surface area (Å²) in [4.78, 5) is 14.0. The van der Waals surface area contributed by atoms with Gasteiger partial charge in [-0.3, -0.25) is 4.79 Å². The molecule has 18 heavy (non-hydrogen) atoms. The number of methoxy groups -OCH3 is 1. The summed E-state index contributed by atoms with van der Waals surface area (Å²) in [6.07, 6.45) is 1.40. The second-order valence-corrected chi connectivity index (χ2v) is 6.62. The highest BCUT2D eigenvalue weighted by Crippen LogP contribution is 2.46. The zero-order valence-corrected chi connectivity index (χ0v) is 11.5. The Balaban J connectivity index is 1.61. The summed E-state index contributed by atoms with van der Waals surface area (Å²) in [5.74, 6) is 2.28. The summed E-state index contributed by atoms with van der Waals surface area (Å²) in [5.41, 5.74) is 0. The van der Waals surface area contributed by atoms with E-state index in [0.717, 1.165) is 31.0 Å². The van der Waals surface area contributed by atoms with Gasteiger partial charge in [0.05, 0.1) is 10.9 Å². The van der Waals surface area contributed by atoms with Crippen LogP contribution in [0, 0.1) is 6.92 Å². The highest BCUT2D eigenvalue weighted by molar-refractivity contribution is 8.01. The number of rotatable bonds is 2. The standard InChI is InChI=1S/C13H17NO3S/c1-9-3-4-11(17-9)12(15)14-7-13(8-14)5-10(16-2)6-18-13/h3-4,10H,5-8H2,1-2H3. The van der Waals surface area contributed by atoms with Crippen molar-refractivity contribution in [2.75, 3.05) is 26.0 Å². The van der Waals surface area contributed by atoms with E-state index < -0.39 is 0 Å². The fourth-order valence-corrected chi connectivity index (χ4v) is 4.26. The first-order chi connectivity index (χ1) is 8.62. The van der Waals surface area contributed by atoms with E-state index >= 15 is 0 Å². The van der Waals surface area contributed by atoms with E-state index in [1.165, 1.54) is 0 Å². The van der Waals surface area contributed by atoms with E-state index in [4.69, 9.17) is 9.15 Å². The first-order valence-electron chi connectivity index (χ1n) is 6.14. The highest BCUT2D eigenvalue weighted by Gasteiger charge is 2.51. The molecule has 1 aromatic rings. The van der Waals surface area contributed by atoms with Gasteiger partial charge in [0.25, 0.3) is 5.91 Å². The SMILES string of the molecule is COC1CSC2(C1)CN(C(=O)c1ccc(C)o1)C2. The van der Waals surface area contributed by atoms with E-state index in [0.29, 0.717) is 11.9 Å². The second-order valence-electron chi connectivity index (χ2n) is 5.13. The van der Waals surface area contributed by atoms with Crippen LogP contribution in [0.1, 0.15) is 22.7 Å². The predicted molar refractivity (Wildman–Crippen MR) is 70.0 cm³/mol. The smallest absolute Gasteiger partial charge is 0.289 e. The quantitative estimate of drug-likeness (QED) is 0.821. The van der Waals surface area contributed by atoms with Crippen LogP contribution in [-0.4, -0.2) is 47.6 Å². The van der Waals surface area contributed by atoms with Crippen molar-refractivity contribution in [3.63, 3.8) is 0 Å². The van der Waals surface area contributed by atoms with Crippen molar-refractivity contribution in [1.29, 1.82) is 0 Å². The summed E-state index contributed by atoms with van der Waals surface area (Å²) in [6, 6.07) is 3.58. The average molecular weight is 267 g/mol. The van der Waals surface area contributed by atoms with Crippen LogP contribution in [0.3, 0.4) is 0 Å². The largest absolute Gasteiger partial charge is 0.456 e. The van der Waals surface area contributed by atoms with Crippen molar-refractivity contribution in [1.82, 2.24) is 4.90 Å². The number of ether oxygens (including phenoxy) is 1. The molecule has 2 aliphatic heterocycles. The third-order valence-electron chi connectivity index (χ3n) is 3.70. The van der Waals surface area contributed by atoms with Gasteiger partial charge in [0.2, 0.25) is 0 Å². The average Bonchev–Trinajstić information content (AvgIpc) is 2.92. The fraction of sp³-hybridized carbons (Fsp3) is 0.615. The fourth-order valence-electron chi connectivity index (χ4n) is 2.67. The topological polar surface area (TPSA) is 42.7 Å². The Morgan fingerprint density at radius 3 is 2.89 bits per heavy atom. The Hall–Kier alpha value is -0.940. The van der Waals surface area contributed by atoms with Crippen molar-refractivity contribution in [3.8, 4) is 0 Å². The number of carbonyl (C=O) groups excluding carboxylic acids is 1. The van der Waals surface area contributed by atoms with Gasteiger partial charge in [-0.1, -0.05) is 0 Å². The Labute approximate surface area is 111 Å². The van der Waals surface area contributed by atoms with Crippen LogP contribution in [0.25, 0.3) is 0 Å². The van der Waals surface area contributed by atoms with Gasteiger partial charge >= 0.3 is 0 Å². The number of amides is 1. The molecule has 0 bridgehead atoms. The van der Waals surface area contributed by atoms with E-state index in [1.54, 1.807) is 13.2 Å². The van der Waals surface area contributed by atoms with Crippen LogP contribution in [0.15, 0.2) is 16.5 Å². The molecule has 2 aliphatic rings. The van der Waals surface area contributed by atoms with E-state index in [1.807, 2.05) is 29.7 Å². The number of aryl methyl sites for hydroxylation is 1. The minimum absolute atomic E-state index is 0.00944. The van der Waals surface area contributed by atoms with Crippen LogP contribution in [0.2, 0.25) is 0 Å². The molecule has 1 spiro atoms. The molecule has 1 aromatic heterocycles. The molecule has 0 aliphatic carbocycles. The molecule has 3 rings (SSSR count). The molecule has 0 radical (unpaired) electrons. The monoisotopic (exact) mass is 267 g/mol. The maximum Gasteiger partial charge on any atom is 0.289 e. The predicted octanol–water partition coefficient (Wildman–Crippen LogP) is 1.93. The van der Waals surface area contributed by atoms with Gasteiger partial charge in [0.1, 0.15) is 5.76 Å². The maximum atomic E-state index is 12.1. The molecule has 2 saturated heterocycles. The summed E-state index contributed by atoms with van der Waals surface area (Å²) < 4.78 is 11.0. The first-order valence-corrected chi connectivity index (χ1v) is 7.13. The zero-order valence-electron chi connectivity index (χ0n) is 10.6. The van der Waals surface area contributed by atoms with Crippen LogP contribution < -0.4 is 0 Å².